The number of aromatic nitrogens is 1. The van der Waals surface area contributed by atoms with Crippen molar-refractivity contribution in [3.63, 3.8) is 0 Å². The Morgan fingerprint density at radius 3 is 2.91 bits per heavy atom. The molecule has 0 aliphatic carbocycles. The van der Waals surface area contributed by atoms with Crippen LogP contribution in [0.15, 0.2) is 27.2 Å². The Morgan fingerprint density at radius 1 is 1.43 bits per heavy atom. The van der Waals surface area contributed by atoms with Gasteiger partial charge in [-0.15, -0.1) is 22.7 Å². The van der Waals surface area contributed by atoms with E-state index in [4.69, 9.17) is 0 Å². The molecule has 4 nitrogen and oxygen atoms in total. The average molecular weight is 368 g/mol. The van der Waals surface area contributed by atoms with Crippen LogP contribution in [0.5, 0.6) is 0 Å². The minimum atomic E-state index is 0.0695. The molecular formula is C16H21N3OS3. The van der Waals surface area contributed by atoms with E-state index in [9.17, 15) is 4.79 Å². The second-order valence-corrected chi connectivity index (χ2v) is 8.89. The predicted octanol–water partition coefficient (Wildman–Crippen LogP) is 4.23. The lowest BCUT2D eigenvalue weighted by atomic mass is 9.99. The van der Waals surface area contributed by atoms with Crippen molar-refractivity contribution in [3.8, 4) is 0 Å². The maximum absolute atomic E-state index is 12.2. The molecule has 2 amide bonds. The number of hydrogen-bond donors (Lipinski definition) is 1. The first-order chi connectivity index (χ1) is 11.2. The summed E-state index contributed by atoms with van der Waals surface area (Å²) < 4.78 is 1.17. The van der Waals surface area contributed by atoms with Crippen LogP contribution >= 0.6 is 34.4 Å². The third-order valence-corrected chi connectivity index (χ3v) is 7.18. The molecule has 0 unspecified atom stereocenters. The Morgan fingerprint density at radius 2 is 2.26 bits per heavy atom. The molecule has 2 aromatic rings. The summed E-state index contributed by atoms with van der Waals surface area (Å²) in [6, 6.07) is 4.13. The van der Waals surface area contributed by atoms with Crippen LogP contribution in [0, 0.1) is 12.8 Å². The Labute approximate surface area is 149 Å². The molecule has 7 heteroatoms. The normalized spacial score (nSPS) is 15.8. The number of aryl methyl sites for hydroxylation is 1. The summed E-state index contributed by atoms with van der Waals surface area (Å²) in [5.41, 5.74) is 1.11. The van der Waals surface area contributed by atoms with Crippen molar-refractivity contribution in [1.29, 1.82) is 0 Å². The zero-order valence-electron chi connectivity index (χ0n) is 13.2. The molecule has 1 aliphatic rings. The highest BCUT2D eigenvalue weighted by molar-refractivity contribution is 8.01. The molecule has 3 heterocycles. The van der Waals surface area contributed by atoms with Gasteiger partial charge in [-0.05, 0) is 37.1 Å². The maximum Gasteiger partial charge on any atom is 0.317 e. The number of hydrogen-bond acceptors (Lipinski definition) is 5. The fourth-order valence-electron chi connectivity index (χ4n) is 2.58. The number of piperidine rings is 1. The topological polar surface area (TPSA) is 45.2 Å². The number of carbonyl (C=O) groups excluding carboxylic acids is 1. The highest BCUT2D eigenvalue weighted by Gasteiger charge is 2.23. The number of rotatable bonds is 5. The molecule has 1 saturated heterocycles. The van der Waals surface area contributed by atoms with Gasteiger partial charge in [0.25, 0.3) is 0 Å². The molecule has 1 fully saturated rings. The zero-order chi connectivity index (χ0) is 16.1. The van der Waals surface area contributed by atoms with Crippen molar-refractivity contribution >= 4 is 40.5 Å². The largest absolute Gasteiger partial charge is 0.333 e. The quantitative estimate of drug-likeness (QED) is 0.805. The standard InChI is InChI=1S/C16H21N3OS3/c1-12-10-22-16(18-12)23-11-13-4-6-19(7-5-13)15(20)17-9-14-3-2-8-21-14/h2-3,8,10,13H,4-7,9,11H2,1H3,(H,17,20). The van der Waals surface area contributed by atoms with Crippen LogP contribution in [0.3, 0.4) is 0 Å². The first-order valence-corrected chi connectivity index (χ1v) is 10.6. The summed E-state index contributed by atoms with van der Waals surface area (Å²) in [4.78, 5) is 19.8. The second kappa shape index (κ2) is 8.17. The van der Waals surface area contributed by atoms with E-state index in [0.717, 1.165) is 37.4 Å². The van der Waals surface area contributed by atoms with Gasteiger partial charge in [0.2, 0.25) is 0 Å². The summed E-state index contributed by atoms with van der Waals surface area (Å²) in [6.45, 7) is 4.39. The lowest BCUT2D eigenvalue weighted by Crippen LogP contribution is -2.44. The fourth-order valence-corrected chi connectivity index (χ4v) is 5.28. The van der Waals surface area contributed by atoms with E-state index < -0.39 is 0 Å². The molecule has 23 heavy (non-hydrogen) atoms. The Balaban J connectivity index is 1.36. The van der Waals surface area contributed by atoms with E-state index in [1.54, 1.807) is 22.7 Å². The van der Waals surface area contributed by atoms with Crippen molar-refractivity contribution < 1.29 is 4.79 Å². The number of nitrogens with zero attached hydrogens (tertiary/aromatic N) is 2. The third kappa shape index (κ3) is 4.96. The van der Waals surface area contributed by atoms with Crippen molar-refractivity contribution in [2.24, 2.45) is 5.92 Å². The minimum absolute atomic E-state index is 0.0695. The summed E-state index contributed by atoms with van der Waals surface area (Å²) in [5.74, 6) is 1.79. The van der Waals surface area contributed by atoms with E-state index in [1.165, 1.54) is 9.22 Å². The number of thioether (sulfide) groups is 1. The zero-order valence-corrected chi connectivity index (χ0v) is 15.6. The molecule has 124 valence electrons. The van der Waals surface area contributed by atoms with Crippen molar-refractivity contribution in [1.82, 2.24) is 15.2 Å². The van der Waals surface area contributed by atoms with E-state index in [-0.39, 0.29) is 6.03 Å². The molecule has 0 aromatic carbocycles. The molecule has 0 radical (unpaired) electrons. The van der Waals surface area contributed by atoms with E-state index in [2.05, 4.69) is 21.7 Å². The number of carbonyl (C=O) groups is 1. The third-order valence-electron chi connectivity index (χ3n) is 3.94. The van der Waals surface area contributed by atoms with Crippen molar-refractivity contribution in [2.45, 2.75) is 30.6 Å². The van der Waals surface area contributed by atoms with Crippen LogP contribution in [0.1, 0.15) is 23.4 Å². The van der Waals surface area contributed by atoms with Crippen LogP contribution in [0.25, 0.3) is 0 Å². The lowest BCUT2D eigenvalue weighted by molar-refractivity contribution is 0.174. The van der Waals surface area contributed by atoms with Gasteiger partial charge in [0, 0.05) is 34.8 Å². The minimum Gasteiger partial charge on any atom is -0.333 e. The Bertz CT molecular complexity index is 618. The fraction of sp³-hybridized carbons (Fsp3) is 0.500. The SMILES string of the molecule is Cc1csc(SCC2CCN(C(=O)NCc3cccs3)CC2)n1. The van der Waals surface area contributed by atoms with E-state index >= 15 is 0 Å². The summed E-state index contributed by atoms with van der Waals surface area (Å²) in [6.07, 6.45) is 2.17. The summed E-state index contributed by atoms with van der Waals surface area (Å²) in [5, 5.41) is 7.15. The van der Waals surface area contributed by atoms with Gasteiger partial charge in [-0.25, -0.2) is 9.78 Å². The van der Waals surface area contributed by atoms with Crippen LogP contribution in [-0.4, -0.2) is 34.8 Å². The summed E-state index contributed by atoms with van der Waals surface area (Å²) >= 11 is 5.26. The van der Waals surface area contributed by atoms with Gasteiger partial charge in [-0.3, -0.25) is 0 Å². The molecular weight excluding hydrogens is 346 g/mol. The molecule has 2 aromatic heterocycles. The lowest BCUT2D eigenvalue weighted by Gasteiger charge is -2.31. The molecule has 1 aliphatic heterocycles. The first kappa shape index (κ1) is 16.8. The number of thiazole rings is 1. The van der Waals surface area contributed by atoms with Gasteiger partial charge in [-0.2, -0.15) is 0 Å². The number of nitrogens with one attached hydrogen (secondary N) is 1. The Hall–Kier alpha value is -1.05. The number of urea groups is 1. The van der Waals surface area contributed by atoms with Gasteiger partial charge in [0.15, 0.2) is 0 Å². The van der Waals surface area contributed by atoms with Crippen LogP contribution in [0.4, 0.5) is 4.79 Å². The molecule has 1 N–H and O–H groups in total. The smallest absolute Gasteiger partial charge is 0.317 e. The molecule has 0 bridgehead atoms. The molecule has 3 rings (SSSR count). The van der Waals surface area contributed by atoms with Crippen LogP contribution < -0.4 is 5.32 Å². The average Bonchev–Trinajstić information content (AvgIpc) is 3.22. The molecule has 0 spiro atoms. The summed E-state index contributed by atoms with van der Waals surface area (Å²) in [7, 11) is 0. The van der Waals surface area contributed by atoms with Crippen LogP contribution in [0.2, 0.25) is 0 Å². The van der Waals surface area contributed by atoms with E-state index in [1.807, 2.05) is 35.0 Å². The predicted molar refractivity (Wildman–Crippen MR) is 98.4 cm³/mol. The second-order valence-electron chi connectivity index (χ2n) is 5.73. The van der Waals surface area contributed by atoms with Gasteiger partial charge >= 0.3 is 6.03 Å². The van der Waals surface area contributed by atoms with Crippen LogP contribution in [-0.2, 0) is 6.54 Å². The van der Waals surface area contributed by atoms with Gasteiger partial charge < -0.3 is 10.2 Å². The van der Waals surface area contributed by atoms with Gasteiger partial charge in [0.1, 0.15) is 4.34 Å². The number of likely N-dealkylation sites (tertiary alicyclic amines) is 1. The number of amides is 2. The van der Waals surface area contributed by atoms with Crippen molar-refractivity contribution in [3.05, 3.63) is 33.5 Å². The van der Waals surface area contributed by atoms with Crippen molar-refractivity contribution in [2.75, 3.05) is 18.8 Å². The Kier molecular flexibility index (Phi) is 5.96. The highest BCUT2D eigenvalue weighted by Crippen LogP contribution is 2.28. The maximum atomic E-state index is 12.2. The molecule has 0 atom stereocenters. The van der Waals surface area contributed by atoms with Gasteiger partial charge in [-0.1, -0.05) is 17.8 Å². The first-order valence-electron chi connectivity index (χ1n) is 7.81. The monoisotopic (exact) mass is 367 g/mol. The van der Waals surface area contributed by atoms with E-state index in [0.29, 0.717) is 12.5 Å². The molecule has 0 saturated carbocycles. The highest BCUT2D eigenvalue weighted by atomic mass is 32.2. The van der Waals surface area contributed by atoms with Gasteiger partial charge in [0.05, 0.1) is 6.54 Å². The number of thiophene rings is 1.